The molecule has 14 rings (SSSR count). The average molecular weight is 891 g/mol. The highest BCUT2D eigenvalue weighted by Gasteiger charge is 2.19. The van der Waals surface area contributed by atoms with Gasteiger partial charge in [-0.05, 0) is 130 Å². The minimum absolute atomic E-state index is 0.703. The van der Waals surface area contributed by atoms with Gasteiger partial charge >= 0.3 is 0 Å². The molecule has 0 aliphatic rings. The second-order valence-corrected chi connectivity index (χ2v) is 18.2. The van der Waals surface area contributed by atoms with Crippen molar-refractivity contribution in [1.82, 2.24) is 19.1 Å². The van der Waals surface area contributed by atoms with Crippen LogP contribution in [0, 0.1) is 0 Å². The minimum Gasteiger partial charge on any atom is -0.309 e. The summed E-state index contributed by atoms with van der Waals surface area (Å²) in [5.41, 5.74) is 17.9. The van der Waals surface area contributed by atoms with Gasteiger partial charge in [0.25, 0.3) is 0 Å². The van der Waals surface area contributed by atoms with E-state index in [4.69, 9.17) is 9.97 Å². The fourth-order valence-electron chi connectivity index (χ4n) is 10.7. The third-order valence-electron chi connectivity index (χ3n) is 14.1. The van der Waals surface area contributed by atoms with Crippen molar-refractivity contribution >= 4 is 65.3 Å². The lowest BCUT2D eigenvalue weighted by molar-refractivity contribution is 1.17. The Hall–Kier alpha value is -9.38. The topological polar surface area (TPSA) is 35.6 Å². The van der Waals surface area contributed by atoms with Crippen LogP contribution in [0.5, 0.6) is 0 Å². The van der Waals surface area contributed by atoms with Crippen molar-refractivity contribution in [2.24, 2.45) is 0 Å². The van der Waals surface area contributed by atoms with Crippen LogP contribution in [0.25, 0.3) is 133 Å². The first-order chi connectivity index (χ1) is 34.7. The van der Waals surface area contributed by atoms with Gasteiger partial charge in [-0.25, -0.2) is 9.97 Å². The molecule has 0 aliphatic heterocycles. The Morgan fingerprint density at radius 3 is 1.14 bits per heavy atom. The van der Waals surface area contributed by atoms with Crippen molar-refractivity contribution in [3.63, 3.8) is 0 Å². The molecule has 4 heteroatoms. The van der Waals surface area contributed by atoms with Gasteiger partial charge in [0.2, 0.25) is 0 Å². The summed E-state index contributed by atoms with van der Waals surface area (Å²) in [4.78, 5) is 10.5. The van der Waals surface area contributed by atoms with Crippen molar-refractivity contribution in [3.05, 3.63) is 255 Å². The molecule has 0 atom stereocenters. The molecule has 0 N–H and O–H groups in total. The van der Waals surface area contributed by atoms with E-state index < -0.39 is 0 Å². The van der Waals surface area contributed by atoms with Gasteiger partial charge in [0, 0.05) is 54.8 Å². The first-order valence-electron chi connectivity index (χ1n) is 23.9. The molecule has 326 valence electrons. The van der Waals surface area contributed by atoms with Crippen LogP contribution in [-0.2, 0) is 0 Å². The van der Waals surface area contributed by atoms with Gasteiger partial charge in [0.1, 0.15) is 0 Å². The molecule has 0 fully saturated rings. The third kappa shape index (κ3) is 6.53. The monoisotopic (exact) mass is 890 g/mol. The molecule has 0 unspecified atom stereocenters. The number of rotatable bonds is 7. The molecule has 0 aliphatic carbocycles. The zero-order valence-electron chi connectivity index (χ0n) is 38.0. The summed E-state index contributed by atoms with van der Waals surface area (Å²) in [7, 11) is 0. The fourth-order valence-corrected chi connectivity index (χ4v) is 10.7. The maximum Gasteiger partial charge on any atom is 0.160 e. The van der Waals surface area contributed by atoms with Crippen molar-refractivity contribution in [1.29, 1.82) is 0 Å². The van der Waals surface area contributed by atoms with Crippen LogP contribution in [0.1, 0.15) is 0 Å². The van der Waals surface area contributed by atoms with E-state index in [0.717, 1.165) is 60.9 Å². The second kappa shape index (κ2) is 16.2. The molecular formula is C66H42N4. The Bertz CT molecular complexity index is 4310. The van der Waals surface area contributed by atoms with Gasteiger partial charge in [0.05, 0.1) is 33.3 Å². The molecule has 0 amide bonds. The maximum atomic E-state index is 5.28. The summed E-state index contributed by atoms with van der Waals surface area (Å²) in [5, 5.41) is 8.18. The highest BCUT2D eigenvalue weighted by atomic mass is 15.0. The number of para-hydroxylation sites is 1. The van der Waals surface area contributed by atoms with Gasteiger partial charge in [-0.1, -0.05) is 164 Å². The molecule has 14 aromatic rings. The fraction of sp³-hybridized carbons (Fsp3) is 0. The van der Waals surface area contributed by atoms with Gasteiger partial charge < -0.3 is 9.13 Å². The Balaban J connectivity index is 0.928. The normalized spacial score (nSPS) is 11.7. The smallest absolute Gasteiger partial charge is 0.160 e. The zero-order chi connectivity index (χ0) is 46.1. The molecule has 0 spiro atoms. The average Bonchev–Trinajstić information content (AvgIpc) is 3.95. The summed E-state index contributed by atoms with van der Waals surface area (Å²) in [6.07, 6.45) is 0. The van der Waals surface area contributed by atoms with E-state index >= 15 is 0 Å². The van der Waals surface area contributed by atoms with Crippen molar-refractivity contribution in [2.45, 2.75) is 0 Å². The van der Waals surface area contributed by atoms with Gasteiger partial charge in [-0.3, -0.25) is 0 Å². The van der Waals surface area contributed by atoms with Crippen molar-refractivity contribution in [3.8, 4) is 67.4 Å². The largest absolute Gasteiger partial charge is 0.309 e. The lowest BCUT2D eigenvalue weighted by Gasteiger charge is -2.13. The van der Waals surface area contributed by atoms with E-state index in [0.29, 0.717) is 5.82 Å². The predicted molar refractivity (Wildman–Crippen MR) is 293 cm³/mol. The molecule has 70 heavy (non-hydrogen) atoms. The Morgan fingerprint density at radius 2 is 0.643 bits per heavy atom. The van der Waals surface area contributed by atoms with Crippen LogP contribution in [0.4, 0.5) is 0 Å². The Labute approximate surface area is 404 Å². The molecule has 11 aromatic carbocycles. The van der Waals surface area contributed by atoms with E-state index in [-0.39, 0.29) is 0 Å². The van der Waals surface area contributed by atoms with E-state index in [2.05, 4.69) is 258 Å². The number of aromatic nitrogens is 4. The number of hydrogen-bond donors (Lipinski definition) is 0. The van der Waals surface area contributed by atoms with Gasteiger partial charge in [0.15, 0.2) is 5.82 Å². The third-order valence-corrected chi connectivity index (χ3v) is 14.1. The SMILES string of the molecule is c1ccc(-c2ccc3c(c2)c2cc(-c4ccc5c(c4)c4cc(-c6ccccc6)ccc4n5-c4ccc(-c5nc(-c6ccccc6)c6ccc7ccccc7c6n5)cc4)ccc2n3-c2ccccc2)cc1. The van der Waals surface area contributed by atoms with Crippen LogP contribution >= 0.6 is 0 Å². The highest BCUT2D eigenvalue weighted by Crippen LogP contribution is 2.41. The quantitative estimate of drug-likeness (QED) is 0.149. The van der Waals surface area contributed by atoms with Crippen molar-refractivity contribution < 1.29 is 0 Å². The van der Waals surface area contributed by atoms with Crippen LogP contribution in [0.15, 0.2) is 255 Å². The summed E-state index contributed by atoms with van der Waals surface area (Å²) >= 11 is 0. The number of hydrogen-bond acceptors (Lipinski definition) is 2. The first kappa shape index (κ1) is 39.8. The number of benzene rings is 11. The van der Waals surface area contributed by atoms with E-state index in [1.807, 2.05) is 6.07 Å². The maximum absolute atomic E-state index is 5.28. The molecule has 0 radical (unpaired) electrons. The molecule has 3 heterocycles. The molecule has 0 saturated carbocycles. The highest BCUT2D eigenvalue weighted by molar-refractivity contribution is 6.14. The zero-order valence-corrected chi connectivity index (χ0v) is 38.0. The van der Waals surface area contributed by atoms with Crippen LogP contribution in [0.2, 0.25) is 0 Å². The molecule has 4 nitrogen and oxygen atoms in total. The van der Waals surface area contributed by atoms with Crippen LogP contribution < -0.4 is 0 Å². The van der Waals surface area contributed by atoms with Crippen LogP contribution in [0.3, 0.4) is 0 Å². The summed E-state index contributed by atoms with van der Waals surface area (Å²) < 4.78 is 4.80. The first-order valence-corrected chi connectivity index (χ1v) is 23.9. The minimum atomic E-state index is 0.703. The van der Waals surface area contributed by atoms with Crippen molar-refractivity contribution in [2.75, 3.05) is 0 Å². The molecule has 3 aromatic heterocycles. The van der Waals surface area contributed by atoms with Gasteiger partial charge in [-0.15, -0.1) is 0 Å². The Kier molecular flexibility index (Phi) is 9.17. The van der Waals surface area contributed by atoms with E-state index in [1.54, 1.807) is 0 Å². The molecule has 0 bridgehead atoms. The van der Waals surface area contributed by atoms with E-state index in [1.165, 1.54) is 66.0 Å². The summed E-state index contributed by atoms with van der Waals surface area (Å²) in [5.74, 6) is 0.703. The molecular weight excluding hydrogens is 849 g/mol. The van der Waals surface area contributed by atoms with Gasteiger partial charge in [-0.2, -0.15) is 0 Å². The summed E-state index contributed by atoms with van der Waals surface area (Å²) in [6.45, 7) is 0. The number of nitrogens with zero attached hydrogens (tertiary/aromatic N) is 4. The lowest BCUT2D eigenvalue weighted by atomic mass is 9.98. The van der Waals surface area contributed by atoms with E-state index in [9.17, 15) is 0 Å². The summed E-state index contributed by atoms with van der Waals surface area (Å²) in [6, 6.07) is 91.8. The predicted octanol–water partition coefficient (Wildman–Crippen LogP) is 17.3. The Morgan fingerprint density at radius 1 is 0.243 bits per heavy atom. The number of fused-ring (bicyclic) bond motifs is 9. The lowest BCUT2D eigenvalue weighted by Crippen LogP contribution is -1.97. The van der Waals surface area contributed by atoms with Crippen LogP contribution in [-0.4, -0.2) is 19.1 Å². The standard InChI is InChI=1S/C66H42N4/c1-5-15-43(16-6-1)48-28-35-60-56(39-48)58-41-50(30-37-61(58)69(60)52-22-11-4-12-23-52)51-31-38-63-59(42-51)57-40-49(44-17-7-2-8-18-44)29-36-62(57)70(63)53-32-25-47(26-33-53)66-67-64(46-20-9-3-10-21-46)55-34-27-45-19-13-14-24-54(45)65(55)68-66/h1-42H. The second-order valence-electron chi connectivity index (χ2n) is 18.2. The molecule has 0 saturated heterocycles.